The molecule has 0 bridgehead atoms. The summed E-state index contributed by atoms with van der Waals surface area (Å²) < 4.78 is 0. The standard InChI is InChI=1S/C11H17N3S/c1-8-5-11(7-15-8)13-6-10-3-4-12-9(2)14-10/h3-4,8,11,13H,5-7H2,1-2H3. The van der Waals surface area contributed by atoms with Gasteiger partial charge in [0.25, 0.3) is 0 Å². The molecule has 1 aromatic rings. The van der Waals surface area contributed by atoms with Gasteiger partial charge in [-0.1, -0.05) is 6.92 Å². The molecule has 1 aliphatic rings. The summed E-state index contributed by atoms with van der Waals surface area (Å²) in [6, 6.07) is 2.63. The van der Waals surface area contributed by atoms with Crippen molar-refractivity contribution in [1.29, 1.82) is 0 Å². The van der Waals surface area contributed by atoms with Gasteiger partial charge >= 0.3 is 0 Å². The molecule has 2 atom stereocenters. The summed E-state index contributed by atoms with van der Waals surface area (Å²) in [7, 11) is 0. The molecule has 2 unspecified atom stereocenters. The van der Waals surface area contributed by atoms with Crippen LogP contribution in [0.15, 0.2) is 12.3 Å². The molecular weight excluding hydrogens is 206 g/mol. The maximum atomic E-state index is 4.37. The van der Waals surface area contributed by atoms with E-state index in [0.29, 0.717) is 6.04 Å². The predicted octanol–water partition coefficient (Wildman–Crippen LogP) is 1.77. The Hall–Kier alpha value is -0.610. The third-order valence-electron chi connectivity index (χ3n) is 2.60. The lowest BCUT2D eigenvalue weighted by Gasteiger charge is -2.10. The molecule has 2 rings (SSSR count). The molecule has 3 nitrogen and oxygen atoms in total. The van der Waals surface area contributed by atoms with Gasteiger partial charge in [-0.25, -0.2) is 9.97 Å². The van der Waals surface area contributed by atoms with Crippen LogP contribution in [0.25, 0.3) is 0 Å². The number of nitrogens with zero attached hydrogens (tertiary/aromatic N) is 2. The van der Waals surface area contributed by atoms with Crippen molar-refractivity contribution in [2.24, 2.45) is 0 Å². The molecule has 1 fully saturated rings. The second-order valence-electron chi connectivity index (χ2n) is 4.05. The molecule has 1 aromatic heterocycles. The number of aromatic nitrogens is 2. The van der Waals surface area contributed by atoms with Crippen molar-refractivity contribution in [2.45, 2.75) is 38.1 Å². The average molecular weight is 223 g/mol. The fraction of sp³-hybridized carbons (Fsp3) is 0.636. The SMILES string of the molecule is Cc1nccc(CNC2CSC(C)C2)n1. The van der Waals surface area contributed by atoms with Crippen LogP contribution in [0.2, 0.25) is 0 Å². The second kappa shape index (κ2) is 4.94. The third kappa shape index (κ3) is 3.18. The van der Waals surface area contributed by atoms with E-state index in [1.165, 1.54) is 12.2 Å². The Morgan fingerprint density at radius 3 is 3.13 bits per heavy atom. The highest BCUT2D eigenvalue weighted by molar-refractivity contribution is 8.00. The molecule has 0 aliphatic carbocycles. The van der Waals surface area contributed by atoms with Gasteiger partial charge in [0.2, 0.25) is 0 Å². The van der Waals surface area contributed by atoms with E-state index in [0.717, 1.165) is 23.3 Å². The first-order valence-electron chi connectivity index (χ1n) is 5.37. The molecule has 1 aliphatic heterocycles. The largest absolute Gasteiger partial charge is 0.308 e. The highest BCUT2D eigenvalue weighted by Crippen LogP contribution is 2.25. The van der Waals surface area contributed by atoms with Crippen molar-refractivity contribution >= 4 is 11.8 Å². The van der Waals surface area contributed by atoms with Gasteiger partial charge in [-0.3, -0.25) is 0 Å². The lowest BCUT2D eigenvalue weighted by molar-refractivity contribution is 0.532. The number of nitrogens with one attached hydrogen (secondary N) is 1. The summed E-state index contributed by atoms with van der Waals surface area (Å²) in [5.74, 6) is 2.08. The van der Waals surface area contributed by atoms with Crippen molar-refractivity contribution in [2.75, 3.05) is 5.75 Å². The van der Waals surface area contributed by atoms with Gasteiger partial charge in [-0.2, -0.15) is 11.8 Å². The van der Waals surface area contributed by atoms with Crippen molar-refractivity contribution in [3.8, 4) is 0 Å². The molecule has 4 heteroatoms. The number of hydrogen-bond acceptors (Lipinski definition) is 4. The first-order valence-corrected chi connectivity index (χ1v) is 6.42. The summed E-state index contributed by atoms with van der Waals surface area (Å²) in [5.41, 5.74) is 1.09. The van der Waals surface area contributed by atoms with E-state index in [1.54, 1.807) is 0 Å². The van der Waals surface area contributed by atoms with E-state index in [4.69, 9.17) is 0 Å². The van der Waals surface area contributed by atoms with Crippen LogP contribution in [-0.4, -0.2) is 27.0 Å². The Labute approximate surface area is 95.1 Å². The molecular formula is C11H17N3S. The van der Waals surface area contributed by atoms with Gasteiger partial charge in [-0.05, 0) is 19.4 Å². The smallest absolute Gasteiger partial charge is 0.125 e. The Kier molecular flexibility index (Phi) is 3.59. The van der Waals surface area contributed by atoms with Crippen LogP contribution in [0.5, 0.6) is 0 Å². The molecule has 15 heavy (non-hydrogen) atoms. The van der Waals surface area contributed by atoms with Gasteiger partial charge in [0.1, 0.15) is 5.82 Å². The summed E-state index contributed by atoms with van der Waals surface area (Å²) in [6.45, 7) is 5.08. The fourth-order valence-corrected chi connectivity index (χ4v) is 3.00. The molecule has 2 heterocycles. The lowest BCUT2D eigenvalue weighted by atomic mass is 10.2. The van der Waals surface area contributed by atoms with Crippen LogP contribution < -0.4 is 5.32 Å². The topological polar surface area (TPSA) is 37.8 Å². The minimum absolute atomic E-state index is 0.653. The van der Waals surface area contributed by atoms with Crippen LogP contribution in [0.3, 0.4) is 0 Å². The average Bonchev–Trinajstić information content (AvgIpc) is 2.62. The van der Waals surface area contributed by atoms with Crippen LogP contribution in [0, 0.1) is 6.92 Å². The molecule has 0 spiro atoms. The monoisotopic (exact) mass is 223 g/mol. The minimum atomic E-state index is 0.653. The Morgan fingerprint density at radius 1 is 1.60 bits per heavy atom. The summed E-state index contributed by atoms with van der Waals surface area (Å²) in [4.78, 5) is 8.46. The van der Waals surface area contributed by atoms with E-state index in [-0.39, 0.29) is 0 Å². The maximum absolute atomic E-state index is 4.37. The molecule has 0 saturated carbocycles. The predicted molar refractivity (Wildman–Crippen MR) is 63.9 cm³/mol. The van der Waals surface area contributed by atoms with E-state index in [1.807, 2.05) is 30.9 Å². The van der Waals surface area contributed by atoms with Gasteiger partial charge < -0.3 is 5.32 Å². The molecule has 1 saturated heterocycles. The summed E-state index contributed by atoms with van der Waals surface area (Å²) >= 11 is 2.05. The zero-order valence-electron chi connectivity index (χ0n) is 9.23. The quantitative estimate of drug-likeness (QED) is 0.847. The first-order chi connectivity index (χ1) is 7.24. The van der Waals surface area contributed by atoms with Crippen molar-refractivity contribution < 1.29 is 0 Å². The van der Waals surface area contributed by atoms with Gasteiger partial charge in [0.15, 0.2) is 0 Å². The van der Waals surface area contributed by atoms with E-state index >= 15 is 0 Å². The van der Waals surface area contributed by atoms with Crippen LogP contribution in [0.4, 0.5) is 0 Å². The number of hydrogen-bond donors (Lipinski definition) is 1. The highest BCUT2D eigenvalue weighted by atomic mass is 32.2. The normalized spacial score (nSPS) is 25.7. The van der Waals surface area contributed by atoms with Crippen LogP contribution in [0.1, 0.15) is 24.9 Å². The van der Waals surface area contributed by atoms with Crippen LogP contribution in [-0.2, 0) is 6.54 Å². The van der Waals surface area contributed by atoms with Crippen molar-refractivity contribution in [1.82, 2.24) is 15.3 Å². The van der Waals surface area contributed by atoms with Crippen molar-refractivity contribution in [3.05, 3.63) is 23.8 Å². The number of rotatable bonds is 3. The Morgan fingerprint density at radius 2 is 2.47 bits per heavy atom. The first kappa shape index (κ1) is 10.9. The van der Waals surface area contributed by atoms with Gasteiger partial charge in [-0.15, -0.1) is 0 Å². The van der Waals surface area contributed by atoms with Gasteiger partial charge in [0, 0.05) is 29.8 Å². The molecule has 82 valence electrons. The summed E-state index contributed by atoms with van der Waals surface area (Å²) in [5, 5.41) is 4.34. The second-order valence-corrected chi connectivity index (χ2v) is 5.52. The molecule has 0 amide bonds. The summed E-state index contributed by atoms with van der Waals surface area (Å²) in [6.07, 6.45) is 3.10. The van der Waals surface area contributed by atoms with E-state index < -0.39 is 0 Å². The fourth-order valence-electron chi connectivity index (χ4n) is 1.81. The molecule has 0 radical (unpaired) electrons. The minimum Gasteiger partial charge on any atom is -0.308 e. The Balaban J connectivity index is 1.83. The van der Waals surface area contributed by atoms with Gasteiger partial charge in [0.05, 0.1) is 5.69 Å². The van der Waals surface area contributed by atoms with E-state index in [9.17, 15) is 0 Å². The van der Waals surface area contributed by atoms with Crippen LogP contribution >= 0.6 is 11.8 Å². The number of thioether (sulfide) groups is 1. The zero-order valence-corrected chi connectivity index (χ0v) is 10.0. The Bertz CT molecular complexity index is 329. The number of aryl methyl sites for hydroxylation is 1. The lowest BCUT2D eigenvalue weighted by Crippen LogP contribution is -2.28. The maximum Gasteiger partial charge on any atom is 0.125 e. The highest BCUT2D eigenvalue weighted by Gasteiger charge is 2.20. The molecule has 0 aromatic carbocycles. The third-order valence-corrected chi connectivity index (χ3v) is 3.96. The molecule has 1 N–H and O–H groups in total. The van der Waals surface area contributed by atoms with Crippen molar-refractivity contribution in [3.63, 3.8) is 0 Å². The zero-order chi connectivity index (χ0) is 10.7. The van der Waals surface area contributed by atoms with E-state index in [2.05, 4.69) is 22.2 Å².